The van der Waals surface area contributed by atoms with Crippen LogP contribution in [0.25, 0.3) is 0 Å². The first-order valence-corrected chi connectivity index (χ1v) is 8.13. The molecule has 0 aromatic heterocycles. The molecule has 0 aliphatic rings. The Kier molecular flexibility index (Phi) is 6.36. The lowest BCUT2D eigenvalue weighted by Crippen LogP contribution is -2.35. The third-order valence-electron chi connectivity index (χ3n) is 3.67. The largest absolute Gasteiger partial charge is 0.493 e. The fourth-order valence-corrected chi connectivity index (χ4v) is 2.33. The molecule has 0 bridgehead atoms. The van der Waals surface area contributed by atoms with Crippen LogP contribution in [0.2, 0.25) is 0 Å². The summed E-state index contributed by atoms with van der Waals surface area (Å²) in [4.78, 5) is 12.1. The number of aryl methyl sites for hydroxylation is 1. The van der Waals surface area contributed by atoms with Crippen molar-refractivity contribution in [1.29, 1.82) is 0 Å². The molecule has 0 fully saturated rings. The molecule has 2 rings (SSSR count). The lowest BCUT2D eigenvalue weighted by molar-refractivity contribution is -0.117. The molecule has 0 heterocycles. The van der Waals surface area contributed by atoms with E-state index in [0.29, 0.717) is 23.7 Å². The van der Waals surface area contributed by atoms with E-state index < -0.39 is 11.9 Å². The molecule has 0 radical (unpaired) electrons. The third-order valence-corrected chi connectivity index (χ3v) is 3.67. The highest BCUT2D eigenvalue weighted by molar-refractivity contribution is 5.96. The Bertz CT molecular complexity index is 749. The van der Waals surface area contributed by atoms with Gasteiger partial charge in [-0.1, -0.05) is 19.4 Å². The summed E-state index contributed by atoms with van der Waals surface area (Å²) in [6, 6.07) is 8.71. The van der Waals surface area contributed by atoms with Gasteiger partial charge in [-0.15, -0.1) is 0 Å². The van der Waals surface area contributed by atoms with Gasteiger partial charge in [0.15, 0.2) is 17.2 Å². The number of halogens is 1. The molecule has 2 aromatic carbocycles. The van der Waals surface area contributed by atoms with Crippen LogP contribution in [0.15, 0.2) is 36.4 Å². The van der Waals surface area contributed by atoms with Crippen molar-refractivity contribution in [3.63, 3.8) is 0 Å². The number of methoxy groups -OCH3 is 1. The average Bonchev–Trinajstić information content (AvgIpc) is 2.58. The van der Waals surface area contributed by atoms with Crippen molar-refractivity contribution in [3.05, 3.63) is 47.8 Å². The number of carbonyl (C=O) groups is 1. The van der Waals surface area contributed by atoms with E-state index >= 15 is 0 Å². The highest BCUT2D eigenvalue weighted by Crippen LogP contribution is 2.36. The lowest BCUT2D eigenvalue weighted by Gasteiger charge is -2.16. The molecular weight excluding hydrogens is 323 g/mol. The van der Waals surface area contributed by atoms with E-state index in [-0.39, 0.29) is 11.6 Å². The second-order valence-corrected chi connectivity index (χ2v) is 5.78. The number of hydrogen-bond acceptors (Lipinski definition) is 4. The molecule has 134 valence electrons. The van der Waals surface area contributed by atoms with E-state index in [2.05, 4.69) is 5.32 Å². The Morgan fingerprint density at radius 3 is 2.60 bits per heavy atom. The van der Waals surface area contributed by atoms with Crippen LogP contribution in [-0.2, 0) is 4.79 Å². The van der Waals surface area contributed by atoms with Gasteiger partial charge in [0.25, 0.3) is 0 Å². The monoisotopic (exact) mass is 346 g/mol. The van der Waals surface area contributed by atoms with E-state index in [0.717, 1.165) is 12.0 Å². The van der Waals surface area contributed by atoms with Crippen LogP contribution in [0.4, 0.5) is 10.1 Å². The number of nitrogens with two attached hydrogens (primary N) is 1. The first-order valence-electron chi connectivity index (χ1n) is 8.13. The molecule has 0 aliphatic carbocycles. The number of anilines is 1. The van der Waals surface area contributed by atoms with Crippen LogP contribution in [-0.4, -0.2) is 19.1 Å². The van der Waals surface area contributed by atoms with Gasteiger partial charge in [-0.05, 0) is 43.2 Å². The minimum absolute atomic E-state index is 0.221. The first kappa shape index (κ1) is 18.7. The van der Waals surface area contributed by atoms with Crippen molar-refractivity contribution in [2.24, 2.45) is 5.73 Å². The summed E-state index contributed by atoms with van der Waals surface area (Å²) in [6.45, 7) is 3.87. The Morgan fingerprint density at radius 1 is 1.20 bits per heavy atom. The third kappa shape index (κ3) is 4.93. The maximum atomic E-state index is 13.6. The topological polar surface area (TPSA) is 73.6 Å². The fourth-order valence-electron chi connectivity index (χ4n) is 2.33. The smallest absolute Gasteiger partial charge is 0.241 e. The molecular formula is C19H23FN2O3. The highest BCUT2D eigenvalue weighted by atomic mass is 19.1. The number of amides is 1. The van der Waals surface area contributed by atoms with Gasteiger partial charge in [0.1, 0.15) is 5.82 Å². The van der Waals surface area contributed by atoms with Gasteiger partial charge in [0.2, 0.25) is 5.91 Å². The van der Waals surface area contributed by atoms with E-state index in [1.165, 1.54) is 18.2 Å². The summed E-state index contributed by atoms with van der Waals surface area (Å²) < 4.78 is 24.8. The minimum atomic E-state index is -0.657. The minimum Gasteiger partial charge on any atom is -0.493 e. The molecule has 3 N–H and O–H groups in total. The lowest BCUT2D eigenvalue weighted by atomic mass is 10.1. The van der Waals surface area contributed by atoms with E-state index in [1.54, 1.807) is 13.2 Å². The zero-order chi connectivity index (χ0) is 18.4. The SMILES string of the molecule is CCCC(N)C(=O)Nc1cc(F)ccc1Oc1ccc(C)cc1OC. The Labute approximate surface area is 146 Å². The number of carbonyl (C=O) groups excluding carboxylic acids is 1. The van der Waals surface area contributed by atoms with Crippen LogP contribution >= 0.6 is 0 Å². The van der Waals surface area contributed by atoms with Crippen molar-refractivity contribution >= 4 is 11.6 Å². The van der Waals surface area contributed by atoms with Crippen LogP contribution in [0, 0.1) is 12.7 Å². The predicted octanol–water partition coefficient (Wildman–Crippen LogP) is 4.00. The van der Waals surface area contributed by atoms with Crippen molar-refractivity contribution in [2.45, 2.75) is 32.7 Å². The summed E-state index contributed by atoms with van der Waals surface area (Å²) in [6.07, 6.45) is 1.32. The molecule has 0 aliphatic heterocycles. The summed E-state index contributed by atoms with van der Waals surface area (Å²) in [5.41, 5.74) is 7.05. The predicted molar refractivity (Wildman–Crippen MR) is 95.7 cm³/mol. The van der Waals surface area contributed by atoms with Crippen LogP contribution in [0.1, 0.15) is 25.3 Å². The van der Waals surface area contributed by atoms with Gasteiger partial charge in [0.05, 0.1) is 18.8 Å². The molecule has 5 nitrogen and oxygen atoms in total. The molecule has 1 amide bonds. The normalized spacial score (nSPS) is 11.7. The Morgan fingerprint density at radius 2 is 1.92 bits per heavy atom. The second kappa shape index (κ2) is 8.48. The molecule has 1 unspecified atom stereocenters. The molecule has 0 saturated carbocycles. The van der Waals surface area contributed by atoms with Crippen molar-refractivity contribution < 1.29 is 18.7 Å². The number of nitrogens with one attached hydrogen (secondary N) is 1. The molecule has 0 saturated heterocycles. The summed E-state index contributed by atoms with van der Waals surface area (Å²) in [7, 11) is 1.54. The molecule has 6 heteroatoms. The van der Waals surface area contributed by atoms with E-state index in [4.69, 9.17) is 15.2 Å². The summed E-state index contributed by atoms with van der Waals surface area (Å²) in [5, 5.41) is 2.64. The Hall–Kier alpha value is -2.60. The molecule has 1 atom stereocenters. The number of benzene rings is 2. The van der Waals surface area contributed by atoms with Crippen molar-refractivity contribution in [3.8, 4) is 17.2 Å². The zero-order valence-corrected chi connectivity index (χ0v) is 14.6. The number of ether oxygens (including phenoxy) is 2. The summed E-state index contributed by atoms with van der Waals surface area (Å²) in [5.74, 6) is 0.453. The van der Waals surface area contributed by atoms with Gasteiger partial charge < -0.3 is 20.5 Å². The van der Waals surface area contributed by atoms with Crippen molar-refractivity contribution in [1.82, 2.24) is 0 Å². The van der Waals surface area contributed by atoms with E-state index in [1.807, 2.05) is 26.0 Å². The maximum absolute atomic E-state index is 13.6. The Balaban J connectivity index is 2.28. The van der Waals surface area contributed by atoms with Gasteiger partial charge >= 0.3 is 0 Å². The van der Waals surface area contributed by atoms with Gasteiger partial charge in [-0.2, -0.15) is 0 Å². The van der Waals surface area contributed by atoms with Gasteiger partial charge in [-0.25, -0.2) is 4.39 Å². The van der Waals surface area contributed by atoms with Crippen LogP contribution < -0.4 is 20.5 Å². The highest BCUT2D eigenvalue weighted by Gasteiger charge is 2.16. The molecule has 2 aromatic rings. The molecule has 25 heavy (non-hydrogen) atoms. The van der Waals surface area contributed by atoms with Crippen molar-refractivity contribution in [2.75, 3.05) is 12.4 Å². The second-order valence-electron chi connectivity index (χ2n) is 5.78. The molecule has 0 spiro atoms. The maximum Gasteiger partial charge on any atom is 0.241 e. The number of hydrogen-bond donors (Lipinski definition) is 2. The van der Waals surface area contributed by atoms with E-state index in [9.17, 15) is 9.18 Å². The quantitative estimate of drug-likeness (QED) is 0.795. The standard InChI is InChI=1S/C19H23FN2O3/c1-4-5-14(21)19(23)22-15-11-13(20)7-9-16(15)25-17-8-6-12(2)10-18(17)24-3/h6-11,14H,4-5,21H2,1-3H3,(H,22,23). The van der Waals surface area contributed by atoms with Gasteiger partial charge in [-0.3, -0.25) is 4.79 Å². The van der Waals surface area contributed by atoms with Crippen LogP contribution in [0.3, 0.4) is 0 Å². The van der Waals surface area contributed by atoms with Crippen LogP contribution in [0.5, 0.6) is 17.2 Å². The zero-order valence-electron chi connectivity index (χ0n) is 14.6. The first-order chi connectivity index (χ1) is 11.9. The summed E-state index contributed by atoms with van der Waals surface area (Å²) >= 11 is 0. The van der Waals surface area contributed by atoms with Gasteiger partial charge in [0, 0.05) is 6.07 Å². The average molecular weight is 346 g/mol. The fraction of sp³-hybridized carbons (Fsp3) is 0.316. The number of rotatable bonds is 7.